The molecule has 30 heavy (non-hydrogen) atoms. The van der Waals surface area contributed by atoms with E-state index >= 15 is 0 Å². The molecule has 0 unspecified atom stereocenters. The molecule has 1 aliphatic rings. The summed E-state index contributed by atoms with van der Waals surface area (Å²) in [5, 5.41) is 3.12. The van der Waals surface area contributed by atoms with Gasteiger partial charge in [0.25, 0.3) is 11.8 Å². The molecule has 1 fully saturated rings. The van der Waals surface area contributed by atoms with Gasteiger partial charge in [-0.15, -0.1) is 0 Å². The van der Waals surface area contributed by atoms with Crippen molar-refractivity contribution in [2.45, 2.75) is 0 Å². The molecule has 1 N–H and O–H groups in total. The van der Waals surface area contributed by atoms with Crippen LogP contribution in [0.5, 0.6) is 0 Å². The van der Waals surface area contributed by atoms with E-state index in [9.17, 15) is 9.59 Å². The van der Waals surface area contributed by atoms with Crippen molar-refractivity contribution >= 4 is 63.4 Å². The van der Waals surface area contributed by atoms with Crippen molar-refractivity contribution < 1.29 is 9.59 Å². The van der Waals surface area contributed by atoms with Crippen molar-refractivity contribution in [3.63, 3.8) is 0 Å². The number of para-hydroxylation sites is 3. The highest BCUT2D eigenvalue weighted by Crippen LogP contribution is 2.30. The van der Waals surface area contributed by atoms with Gasteiger partial charge >= 0.3 is 0 Å². The van der Waals surface area contributed by atoms with Crippen LogP contribution in [-0.2, 0) is 9.59 Å². The highest BCUT2D eigenvalue weighted by Gasteiger charge is 2.47. The molecule has 0 atom stereocenters. The number of thiocarbonyl (C=S) groups is 2. The predicted octanol–water partition coefficient (Wildman–Crippen LogP) is 4.41. The summed E-state index contributed by atoms with van der Waals surface area (Å²) in [5.74, 6) is -2.15. The van der Waals surface area contributed by atoms with E-state index in [1.165, 1.54) is 9.80 Å². The number of rotatable bonds is 4. The van der Waals surface area contributed by atoms with Gasteiger partial charge in [0, 0.05) is 5.69 Å². The Balaban J connectivity index is 1.76. The quantitative estimate of drug-likeness (QED) is 0.490. The summed E-state index contributed by atoms with van der Waals surface area (Å²) in [4.78, 5) is 29.7. The van der Waals surface area contributed by atoms with Crippen LogP contribution in [0.4, 0.5) is 17.1 Å². The molecular weight excluding hydrogens is 414 g/mol. The third kappa shape index (κ3) is 3.72. The second kappa shape index (κ2) is 8.52. The Bertz CT molecular complexity index is 1040. The van der Waals surface area contributed by atoms with Crippen LogP contribution in [-0.4, -0.2) is 21.9 Å². The van der Waals surface area contributed by atoms with Crippen LogP contribution < -0.4 is 15.1 Å². The lowest BCUT2D eigenvalue weighted by molar-refractivity contribution is -0.129. The van der Waals surface area contributed by atoms with E-state index in [1.54, 1.807) is 24.3 Å². The fraction of sp³-hybridized carbons (Fsp3) is 0.0435. The molecule has 2 amide bonds. The maximum Gasteiger partial charge on any atom is 0.252 e. The Morgan fingerprint density at radius 2 is 1.10 bits per heavy atom. The highest BCUT2D eigenvalue weighted by molar-refractivity contribution is 7.81. The molecular formula is C23H17N3O2S2. The van der Waals surface area contributed by atoms with Crippen molar-refractivity contribution in [1.29, 1.82) is 0 Å². The fourth-order valence-corrected chi connectivity index (χ4v) is 3.95. The topological polar surface area (TPSA) is 52.7 Å². The minimum Gasteiger partial charge on any atom is -0.349 e. The molecule has 0 radical (unpaired) electrons. The van der Waals surface area contributed by atoms with Gasteiger partial charge in [0.15, 0.2) is 11.0 Å². The Morgan fingerprint density at radius 3 is 1.53 bits per heavy atom. The normalized spacial score (nSPS) is 14.7. The van der Waals surface area contributed by atoms with E-state index in [4.69, 9.17) is 24.4 Å². The lowest BCUT2D eigenvalue weighted by Gasteiger charge is -2.39. The molecule has 0 aliphatic carbocycles. The first-order valence-corrected chi connectivity index (χ1v) is 10.1. The number of carbonyl (C=O) groups excluding carboxylic acids is 2. The average molecular weight is 432 g/mol. The first-order valence-electron chi connectivity index (χ1n) is 9.26. The Hall–Kier alpha value is -3.42. The van der Waals surface area contributed by atoms with Crippen LogP contribution in [0, 0.1) is 5.92 Å². The lowest BCUT2D eigenvalue weighted by atomic mass is 10.0. The summed E-state index contributed by atoms with van der Waals surface area (Å²) in [6.07, 6.45) is 0. The van der Waals surface area contributed by atoms with Crippen LogP contribution >= 0.6 is 24.4 Å². The molecule has 3 aromatic rings. The van der Waals surface area contributed by atoms with Gasteiger partial charge in [-0.3, -0.25) is 19.4 Å². The third-order valence-corrected chi connectivity index (χ3v) is 5.35. The Labute approximate surface area is 184 Å². The molecule has 148 valence electrons. The van der Waals surface area contributed by atoms with E-state index in [1.807, 2.05) is 66.7 Å². The summed E-state index contributed by atoms with van der Waals surface area (Å²) in [6.45, 7) is 0. The van der Waals surface area contributed by atoms with Crippen molar-refractivity contribution in [2.24, 2.45) is 5.92 Å². The summed E-state index contributed by atoms with van der Waals surface area (Å²) in [5.41, 5.74) is 1.86. The lowest BCUT2D eigenvalue weighted by Crippen LogP contribution is -2.62. The summed E-state index contributed by atoms with van der Waals surface area (Å²) >= 11 is 11.1. The van der Waals surface area contributed by atoms with Gasteiger partial charge in [-0.25, -0.2) is 0 Å². The molecule has 0 saturated carbocycles. The molecule has 1 saturated heterocycles. The van der Waals surface area contributed by atoms with Crippen molar-refractivity contribution in [3.8, 4) is 0 Å². The minimum absolute atomic E-state index is 0.0983. The Morgan fingerprint density at radius 1 is 0.700 bits per heavy atom. The van der Waals surface area contributed by atoms with Gasteiger partial charge < -0.3 is 5.32 Å². The average Bonchev–Trinajstić information content (AvgIpc) is 2.76. The number of carbonyl (C=O) groups is 2. The molecule has 0 bridgehead atoms. The molecule has 1 heterocycles. The number of nitrogens with zero attached hydrogens (tertiary/aromatic N) is 2. The molecule has 5 nitrogen and oxygen atoms in total. The van der Waals surface area contributed by atoms with E-state index in [-0.39, 0.29) is 10.1 Å². The van der Waals surface area contributed by atoms with Crippen LogP contribution in [0.15, 0.2) is 91.0 Å². The maximum atomic E-state index is 13.4. The van der Waals surface area contributed by atoms with Gasteiger partial charge in [-0.1, -0.05) is 66.8 Å². The number of anilines is 3. The maximum absolute atomic E-state index is 13.4. The minimum atomic E-state index is -1.20. The summed E-state index contributed by atoms with van der Waals surface area (Å²) in [6, 6.07) is 27.2. The monoisotopic (exact) mass is 431 g/mol. The van der Waals surface area contributed by atoms with Gasteiger partial charge in [-0.2, -0.15) is 0 Å². The van der Waals surface area contributed by atoms with Crippen LogP contribution in [0.1, 0.15) is 0 Å². The van der Waals surface area contributed by atoms with E-state index in [0.29, 0.717) is 17.1 Å². The van der Waals surface area contributed by atoms with Gasteiger partial charge in [0.05, 0.1) is 11.4 Å². The molecule has 4 rings (SSSR count). The second-order valence-electron chi connectivity index (χ2n) is 6.59. The molecule has 7 heteroatoms. The first-order chi connectivity index (χ1) is 14.6. The first kappa shape index (κ1) is 19.9. The van der Waals surface area contributed by atoms with Crippen molar-refractivity contribution in [3.05, 3.63) is 91.0 Å². The molecule has 3 aromatic carbocycles. The molecule has 1 aliphatic heterocycles. The fourth-order valence-electron chi connectivity index (χ4n) is 3.24. The zero-order chi connectivity index (χ0) is 21.1. The van der Waals surface area contributed by atoms with Crippen molar-refractivity contribution in [1.82, 2.24) is 0 Å². The second-order valence-corrected chi connectivity index (χ2v) is 7.39. The summed E-state index contributed by atoms with van der Waals surface area (Å²) < 4.78 is 0. The summed E-state index contributed by atoms with van der Waals surface area (Å²) in [7, 11) is 0. The van der Waals surface area contributed by atoms with Gasteiger partial charge in [-0.05, 0) is 48.6 Å². The van der Waals surface area contributed by atoms with E-state index < -0.39 is 17.7 Å². The number of benzene rings is 3. The predicted molar refractivity (Wildman–Crippen MR) is 127 cm³/mol. The Kier molecular flexibility index (Phi) is 5.65. The molecule has 0 spiro atoms. The van der Waals surface area contributed by atoms with Crippen molar-refractivity contribution in [2.75, 3.05) is 15.1 Å². The highest BCUT2D eigenvalue weighted by atomic mass is 32.1. The van der Waals surface area contributed by atoms with Crippen LogP contribution in [0.2, 0.25) is 0 Å². The number of nitrogens with one attached hydrogen (secondary N) is 1. The van der Waals surface area contributed by atoms with E-state index in [0.717, 1.165) is 0 Å². The number of hydrogen-bond acceptors (Lipinski definition) is 4. The molecule has 0 aromatic heterocycles. The van der Waals surface area contributed by atoms with Crippen LogP contribution in [0.25, 0.3) is 0 Å². The third-order valence-electron chi connectivity index (χ3n) is 4.65. The standard InChI is InChI=1S/C23H17N3O2S2/c27-21-19(20(29)24-16-10-4-1-5-11-16)22(28)26(18-14-8-3-9-15-18)23(30)25(21)17-12-6-2-7-13-17/h1-15,19H,(H,24,29). The smallest absolute Gasteiger partial charge is 0.252 e. The van der Waals surface area contributed by atoms with Gasteiger partial charge in [0.1, 0.15) is 4.99 Å². The van der Waals surface area contributed by atoms with Gasteiger partial charge in [0.2, 0.25) is 0 Å². The van der Waals surface area contributed by atoms with E-state index in [2.05, 4.69) is 5.32 Å². The number of amides is 2. The zero-order valence-corrected chi connectivity index (χ0v) is 17.4. The largest absolute Gasteiger partial charge is 0.349 e. The van der Waals surface area contributed by atoms with Crippen LogP contribution in [0.3, 0.4) is 0 Å². The number of hydrogen-bond donors (Lipinski definition) is 1. The SMILES string of the molecule is O=C1C(C(=S)Nc2ccccc2)C(=O)N(c2ccccc2)C(=S)N1c1ccccc1. The zero-order valence-electron chi connectivity index (χ0n) is 15.8.